The first kappa shape index (κ1) is 17.6. The van der Waals surface area contributed by atoms with Gasteiger partial charge in [0.2, 0.25) is 0 Å². The van der Waals surface area contributed by atoms with Gasteiger partial charge in [-0.1, -0.05) is 48.5 Å². The van der Waals surface area contributed by atoms with Crippen molar-refractivity contribution in [2.75, 3.05) is 6.54 Å². The molecule has 3 nitrogen and oxygen atoms in total. The van der Waals surface area contributed by atoms with Gasteiger partial charge in [-0.2, -0.15) is 0 Å². The fraction of sp³-hybridized carbons (Fsp3) is 0.154. The van der Waals surface area contributed by atoms with E-state index >= 15 is 0 Å². The molecule has 0 unspecified atom stereocenters. The first-order valence-corrected chi connectivity index (χ1v) is 10.2. The molecule has 5 rings (SSSR count). The van der Waals surface area contributed by atoms with Gasteiger partial charge in [-0.05, 0) is 54.2 Å². The minimum Gasteiger partial charge on any atom is -0.361 e. The van der Waals surface area contributed by atoms with Crippen LogP contribution in [0.2, 0.25) is 0 Å². The summed E-state index contributed by atoms with van der Waals surface area (Å²) in [6.07, 6.45) is 8.91. The van der Waals surface area contributed by atoms with Crippen molar-refractivity contribution in [3.8, 4) is 0 Å². The number of allylic oxidation sites excluding steroid dienone is 2. The van der Waals surface area contributed by atoms with Crippen molar-refractivity contribution >= 4 is 22.2 Å². The van der Waals surface area contributed by atoms with Crippen LogP contribution in [0.3, 0.4) is 0 Å². The van der Waals surface area contributed by atoms with Gasteiger partial charge in [-0.3, -0.25) is 9.98 Å². The van der Waals surface area contributed by atoms with Crippen molar-refractivity contribution in [2.45, 2.75) is 19.3 Å². The molecule has 0 saturated carbocycles. The molecule has 1 N–H and O–H groups in total. The van der Waals surface area contributed by atoms with Gasteiger partial charge in [0.25, 0.3) is 0 Å². The van der Waals surface area contributed by atoms with E-state index in [1.54, 1.807) is 0 Å². The lowest BCUT2D eigenvalue weighted by atomic mass is 9.86. The van der Waals surface area contributed by atoms with E-state index < -0.39 is 0 Å². The van der Waals surface area contributed by atoms with E-state index in [0.29, 0.717) is 0 Å². The van der Waals surface area contributed by atoms with E-state index in [1.165, 1.54) is 33.2 Å². The van der Waals surface area contributed by atoms with Gasteiger partial charge in [0.15, 0.2) is 0 Å². The standard InChI is InChI=1S/C26H23N3/c1-2-8-19(9-3-1)16-23(24-18-29-25-13-5-4-11-21(24)25)22-12-7-15-28-26(22)20-10-6-14-27-17-20/h1-6,8-11,13-14,17-18,29H,7,12,15-16H2. The Morgan fingerprint density at radius 1 is 0.931 bits per heavy atom. The summed E-state index contributed by atoms with van der Waals surface area (Å²) in [4.78, 5) is 12.7. The molecule has 2 aromatic carbocycles. The van der Waals surface area contributed by atoms with Crippen LogP contribution in [0.15, 0.2) is 95.9 Å². The number of aromatic nitrogens is 2. The second-order valence-electron chi connectivity index (χ2n) is 7.44. The highest BCUT2D eigenvalue weighted by Crippen LogP contribution is 2.34. The van der Waals surface area contributed by atoms with E-state index in [0.717, 1.165) is 37.1 Å². The quantitative estimate of drug-likeness (QED) is 0.477. The Balaban J connectivity index is 1.72. The third-order valence-electron chi connectivity index (χ3n) is 5.58. The predicted molar refractivity (Wildman–Crippen MR) is 120 cm³/mol. The number of para-hydroxylation sites is 1. The second-order valence-corrected chi connectivity index (χ2v) is 7.44. The van der Waals surface area contributed by atoms with Crippen molar-refractivity contribution in [2.24, 2.45) is 4.99 Å². The van der Waals surface area contributed by atoms with Gasteiger partial charge in [-0.25, -0.2) is 0 Å². The lowest BCUT2D eigenvalue weighted by molar-refractivity contribution is 0.814. The molecule has 0 radical (unpaired) electrons. The Morgan fingerprint density at radius 3 is 2.66 bits per heavy atom. The summed E-state index contributed by atoms with van der Waals surface area (Å²) in [5.74, 6) is 0. The van der Waals surface area contributed by atoms with Gasteiger partial charge >= 0.3 is 0 Å². The third-order valence-corrected chi connectivity index (χ3v) is 5.58. The number of rotatable bonds is 4. The number of fused-ring (bicyclic) bond motifs is 1. The molecule has 3 heteroatoms. The SMILES string of the molecule is c1ccc(CC(=C2CCCN=C2c2cccnc2)c2c[nH]c3ccccc23)cc1. The molecule has 0 atom stereocenters. The molecule has 3 heterocycles. The normalized spacial score (nSPS) is 15.9. The van der Waals surface area contributed by atoms with Crippen LogP contribution in [0.5, 0.6) is 0 Å². The molecule has 0 amide bonds. The van der Waals surface area contributed by atoms with E-state index in [9.17, 15) is 0 Å². The summed E-state index contributed by atoms with van der Waals surface area (Å²) in [6, 6.07) is 23.4. The Bertz CT molecular complexity index is 1180. The van der Waals surface area contributed by atoms with Crippen molar-refractivity contribution in [3.63, 3.8) is 0 Å². The van der Waals surface area contributed by atoms with Crippen LogP contribution < -0.4 is 0 Å². The fourth-order valence-corrected chi connectivity index (χ4v) is 4.21. The van der Waals surface area contributed by atoms with Crippen LogP contribution in [0.25, 0.3) is 16.5 Å². The lowest BCUT2D eigenvalue weighted by Gasteiger charge is -2.21. The zero-order chi connectivity index (χ0) is 19.5. The van der Waals surface area contributed by atoms with Crippen LogP contribution in [-0.4, -0.2) is 22.2 Å². The van der Waals surface area contributed by atoms with Gasteiger partial charge < -0.3 is 4.98 Å². The summed E-state index contributed by atoms with van der Waals surface area (Å²) in [5, 5.41) is 1.27. The number of aliphatic imine (C=N–C) groups is 1. The van der Waals surface area contributed by atoms with E-state index in [-0.39, 0.29) is 0 Å². The number of nitrogens with zero attached hydrogens (tertiary/aromatic N) is 2. The maximum atomic E-state index is 4.94. The van der Waals surface area contributed by atoms with Crippen LogP contribution in [0.1, 0.15) is 29.5 Å². The van der Waals surface area contributed by atoms with Crippen molar-refractivity contribution < 1.29 is 0 Å². The molecule has 29 heavy (non-hydrogen) atoms. The molecular formula is C26H23N3. The maximum Gasteiger partial charge on any atom is 0.0697 e. The van der Waals surface area contributed by atoms with E-state index in [4.69, 9.17) is 4.99 Å². The molecule has 1 aliphatic heterocycles. The molecule has 0 bridgehead atoms. The minimum atomic E-state index is 0.875. The zero-order valence-corrected chi connectivity index (χ0v) is 16.3. The monoisotopic (exact) mass is 377 g/mol. The average molecular weight is 377 g/mol. The van der Waals surface area contributed by atoms with Crippen LogP contribution in [0.4, 0.5) is 0 Å². The summed E-state index contributed by atoms with van der Waals surface area (Å²) in [6.45, 7) is 0.875. The van der Waals surface area contributed by atoms with Gasteiger partial charge in [-0.15, -0.1) is 0 Å². The Morgan fingerprint density at radius 2 is 1.79 bits per heavy atom. The topological polar surface area (TPSA) is 41.0 Å². The van der Waals surface area contributed by atoms with Crippen LogP contribution in [-0.2, 0) is 6.42 Å². The van der Waals surface area contributed by atoms with Crippen LogP contribution in [0, 0.1) is 0 Å². The third kappa shape index (κ3) is 3.52. The highest BCUT2D eigenvalue weighted by atomic mass is 14.8. The number of H-pyrrole nitrogens is 1. The number of hydrogen-bond acceptors (Lipinski definition) is 2. The number of pyridine rings is 1. The van der Waals surface area contributed by atoms with Gasteiger partial charge in [0, 0.05) is 47.2 Å². The molecule has 0 spiro atoms. The van der Waals surface area contributed by atoms with Gasteiger partial charge in [0.1, 0.15) is 0 Å². The Hall–Kier alpha value is -3.46. The molecule has 1 aliphatic rings. The summed E-state index contributed by atoms with van der Waals surface area (Å²) < 4.78 is 0. The van der Waals surface area contributed by atoms with E-state index in [2.05, 4.69) is 76.8 Å². The lowest BCUT2D eigenvalue weighted by Crippen LogP contribution is -2.15. The molecule has 142 valence electrons. The second kappa shape index (κ2) is 7.88. The molecule has 0 aliphatic carbocycles. The molecule has 4 aromatic rings. The maximum absolute atomic E-state index is 4.94. The van der Waals surface area contributed by atoms with Crippen molar-refractivity contribution in [1.29, 1.82) is 0 Å². The Labute approximate surface area is 170 Å². The summed E-state index contributed by atoms with van der Waals surface area (Å²) in [5.41, 5.74) is 8.67. The highest BCUT2D eigenvalue weighted by molar-refractivity contribution is 6.17. The molecule has 2 aromatic heterocycles. The zero-order valence-electron chi connectivity index (χ0n) is 16.3. The first-order chi connectivity index (χ1) is 14.4. The highest BCUT2D eigenvalue weighted by Gasteiger charge is 2.21. The number of benzene rings is 2. The number of hydrogen-bond donors (Lipinski definition) is 1. The first-order valence-electron chi connectivity index (χ1n) is 10.2. The summed E-state index contributed by atoms with van der Waals surface area (Å²) in [7, 11) is 0. The van der Waals surface area contributed by atoms with E-state index in [1.807, 2.05) is 18.5 Å². The Kier molecular flexibility index (Phi) is 4.79. The molecular weight excluding hydrogens is 354 g/mol. The number of aromatic amines is 1. The molecule has 0 saturated heterocycles. The predicted octanol–water partition coefficient (Wildman–Crippen LogP) is 5.84. The fourth-order valence-electron chi connectivity index (χ4n) is 4.21. The van der Waals surface area contributed by atoms with Crippen molar-refractivity contribution in [1.82, 2.24) is 9.97 Å². The largest absolute Gasteiger partial charge is 0.361 e. The smallest absolute Gasteiger partial charge is 0.0697 e. The van der Waals surface area contributed by atoms with Gasteiger partial charge in [0.05, 0.1) is 5.71 Å². The van der Waals surface area contributed by atoms with Crippen molar-refractivity contribution in [3.05, 3.63) is 108 Å². The van der Waals surface area contributed by atoms with Crippen LogP contribution >= 0.6 is 0 Å². The minimum absolute atomic E-state index is 0.875. The average Bonchev–Trinajstić information content (AvgIpc) is 3.23. The number of nitrogens with one attached hydrogen (secondary N) is 1. The molecule has 0 fully saturated rings. The summed E-state index contributed by atoms with van der Waals surface area (Å²) >= 11 is 0.